The van der Waals surface area contributed by atoms with Crippen LogP contribution in [0.2, 0.25) is 0 Å². The summed E-state index contributed by atoms with van der Waals surface area (Å²) in [6.07, 6.45) is -22.5. The molecule has 9 aliphatic rings. The van der Waals surface area contributed by atoms with Gasteiger partial charge in [-0.15, -0.1) is 0 Å². The molecule has 13 N–H and O–H groups in total. The van der Waals surface area contributed by atoms with Crippen molar-refractivity contribution >= 4 is 0 Å². The lowest BCUT2D eigenvalue weighted by atomic mass is 9.44. The van der Waals surface area contributed by atoms with Crippen molar-refractivity contribution in [1.29, 1.82) is 0 Å². The first-order chi connectivity index (χ1) is 35.1. The Kier molecular flexibility index (Phi) is 17.6. The van der Waals surface area contributed by atoms with E-state index in [1.807, 2.05) is 6.92 Å². The van der Waals surface area contributed by atoms with E-state index >= 15 is 0 Å². The molecule has 9 fully saturated rings. The molecule has 0 aromatic carbocycles. The summed E-state index contributed by atoms with van der Waals surface area (Å²) >= 11 is 0. The van der Waals surface area contributed by atoms with Gasteiger partial charge in [-0.2, -0.15) is 0 Å². The summed E-state index contributed by atoms with van der Waals surface area (Å²) in [5.41, 5.74) is 0.0809. The van der Waals surface area contributed by atoms with E-state index in [0.29, 0.717) is 42.9 Å². The van der Waals surface area contributed by atoms with Gasteiger partial charge in [0.2, 0.25) is 0 Å². The molecule has 0 aromatic heterocycles. The van der Waals surface area contributed by atoms with Gasteiger partial charge in [-0.25, -0.2) is 0 Å². The Balaban J connectivity index is 0.796. The molecule has 4 saturated carbocycles. The zero-order valence-corrected chi connectivity index (χ0v) is 43.3. The fourth-order valence-corrected chi connectivity index (χ4v) is 15.8. The fraction of sp³-hybridized carbons (Fsp3) is 1.00. The average molecular weight is 1070 g/mol. The summed E-state index contributed by atoms with van der Waals surface area (Å²) in [7, 11) is 1.69. The second-order valence-electron chi connectivity index (χ2n) is 23.9. The summed E-state index contributed by atoms with van der Waals surface area (Å²) in [4.78, 5) is 0. The highest BCUT2D eigenvalue weighted by atomic mass is 16.8. The van der Waals surface area contributed by atoms with Crippen LogP contribution in [0.1, 0.15) is 98.8 Å². The number of hydrogen-bond donors (Lipinski definition) is 13. The maximum Gasteiger partial charge on any atom is 0.187 e. The normalized spacial score (nSPS) is 56.0. The highest BCUT2D eigenvalue weighted by molar-refractivity contribution is 5.15. The van der Waals surface area contributed by atoms with Gasteiger partial charge >= 0.3 is 0 Å². The van der Waals surface area contributed by atoms with Crippen LogP contribution in [-0.4, -0.2) is 240 Å². The molecule has 5 heterocycles. The van der Waals surface area contributed by atoms with Crippen LogP contribution in [-0.2, 0) is 47.4 Å². The topological polar surface area (TPSA) is 355 Å². The molecule has 74 heavy (non-hydrogen) atoms. The first-order valence-corrected chi connectivity index (χ1v) is 27.2. The van der Waals surface area contributed by atoms with Gasteiger partial charge in [0, 0.05) is 19.4 Å². The van der Waals surface area contributed by atoms with Crippen LogP contribution >= 0.6 is 0 Å². The predicted octanol–water partition coefficient (Wildman–Crippen LogP) is -2.52. The monoisotopic (exact) mass is 1070 g/mol. The van der Waals surface area contributed by atoms with E-state index in [2.05, 4.69) is 20.8 Å². The van der Waals surface area contributed by atoms with Gasteiger partial charge in [0.15, 0.2) is 30.9 Å². The van der Waals surface area contributed by atoms with Gasteiger partial charge in [0.25, 0.3) is 0 Å². The van der Waals surface area contributed by atoms with Gasteiger partial charge in [0.05, 0.1) is 44.2 Å². The SMILES string of the molecule is CO[C@]1(CC[C@@H](C)O[C@@H]2O[C@H](CO)[C@@H](O)[C@H](O)[C@H]2O)O[C@H]2C[C@@H]3[C@@H]4CC[C@@H]5C[C@H](O[C@@H]6O[C@H](CO)[C@@H](O[C@@H]7O[C@@H](C)[C@H](O)[C@@H](O)[C@H]7O[C@@H]7O[C@H](CO)[C@@H](O)[C@H](O)[C@H]7O)[C@H](O)[C@H]6O)CC[C@@]5(C)[C@H]4CC[C@@]3(C)[C@H]2[C@@H]1C. The molecule has 23 nitrogen and oxygen atoms in total. The molecule has 0 spiro atoms. The van der Waals surface area contributed by atoms with Crippen molar-refractivity contribution in [3.63, 3.8) is 0 Å². The number of rotatable bonds is 15. The van der Waals surface area contributed by atoms with Crippen molar-refractivity contribution < 1.29 is 114 Å². The molecule has 5 aliphatic heterocycles. The number of fused-ring (bicyclic) bond motifs is 7. The number of aliphatic hydroxyl groups is 13. The Hall–Kier alpha value is -0.920. The number of methoxy groups -OCH3 is 1. The van der Waals surface area contributed by atoms with E-state index in [1.165, 1.54) is 6.92 Å². The number of aliphatic hydroxyl groups excluding tert-OH is 13. The number of hydrogen-bond acceptors (Lipinski definition) is 23. The van der Waals surface area contributed by atoms with E-state index in [4.69, 9.17) is 47.4 Å². The van der Waals surface area contributed by atoms with Crippen LogP contribution in [0.15, 0.2) is 0 Å². The first kappa shape index (κ1) is 57.8. The average Bonchev–Trinajstić information content (AvgIpc) is 3.85. The van der Waals surface area contributed by atoms with Crippen LogP contribution in [0.5, 0.6) is 0 Å². The Morgan fingerprint density at radius 3 is 1.77 bits per heavy atom. The molecule has 0 amide bonds. The van der Waals surface area contributed by atoms with Gasteiger partial charge < -0.3 is 114 Å². The Morgan fingerprint density at radius 2 is 1.12 bits per heavy atom. The van der Waals surface area contributed by atoms with E-state index in [1.54, 1.807) is 7.11 Å². The lowest BCUT2D eigenvalue weighted by molar-refractivity contribution is -0.388. The fourth-order valence-electron chi connectivity index (χ4n) is 15.8. The van der Waals surface area contributed by atoms with E-state index in [9.17, 15) is 66.4 Å². The summed E-state index contributed by atoms with van der Waals surface area (Å²) in [5.74, 6) is 1.32. The largest absolute Gasteiger partial charge is 0.394 e. The molecule has 0 bridgehead atoms. The quantitative estimate of drug-likeness (QED) is 0.0753. The molecule has 23 heteroatoms. The molecule has 0 radical (unpaired) electrons. The van der Waals surface area contributed by atoms with E-state index in [0.717, 1.165) is 44.9 Å². The molecule has 32 atom stereocenters. The second kappa shape index (κ2) is 22.6. The minimum absolute atomic E-state index is 0.0181. The third kappa shape index (κ3) is 10.1. The molecule has 9 rings (SSSR count). The molecule has 0 unspecified atom stereocenters. The van der Waals surface area contributed by atoms with Gasteiger partial charge in [-0.05, 0) is 112 Å². The maximum atomic E-state index is 11.6. The standard InChI is InChI=1S/C51H86O23/c1-20(66-45-40(62)36(58)34(56)29(17-52)69-45)9-14-51(65-6)21(2)32-28(74-51)16-27-25-8-7-23-15-24(10-12-49(23,4)26(25)11-13-50(27,32)5)68-46-42(64)39(61)43(31(19-54)71-46)72-48-44(38(60)33(55)22(3)67-48)73-47-41(63)37(59)35(57)30(18-53)70-47/h20-48,52-64H,7-19H2,1-6H3/t20-,21+,22+,23-,24-,25-,26+,27-,28+,29-,30-,31-,32+,33+,34-,35-,36+,37+,38-,39-,40-,41-,42-,43-,44-,45-,46-,47+,48+,49-,50-,51-/m1/s1. The Labute approximate surface area is 431 Å². The molecule has 428 valence electrons. The summed E-state index contributed by atoms with van der Waals surface area (Å²) in [6.45, 7) is 8.45. The zero-order chi connectivity index (χ0) is 53.5. The lowest BCUT2D eigenvalue weighted by Crippen LogP contribution is -2.66. The molecule has 4 aliphatic carbocycles. The van der Waals surface area contributed by atoms with Gasteiger partial charge in [-0.1, -0.05) is 20.8 Å². The van der Waals surface area contributed by atoms with Crippen LogP contribution in [0, 0.1) is 46.3 Å². The molecule has 0 aromatic rings. The lowest BCUT2D eigenvalue weighted by Gasteiger charge is -2.61. The van der Waals surface area contributed by atoms with Gasteiger partial charge in [0.1, 0.15) is 91.6 Å². The van der Waals surface area contributed by atoms with Crippen LogP contribution < -0.4 is 0 Å². The second-order valence-corrected chi connectivity index (χ2v) is 23.9. The molecule has 5 saturated heterocycles. The highest BCUT2D eigenvalue weighted by Crippen LogP contribution is 2.71. The smallest absolute Gasteiger partial charge is 0.187 e. The van der Waals surface area contributed by atoms with Crippen molar-refractivity contribution in [2.75, 3.05) is 26.9 Å². The molecular formula is C51H86O23. The minimum Gasteiger partial charge on any atom is -0.394 e. The predicted molar refractivity (Wildman–Crippen MR) is 250 cm³/mol. The highest BCUT2D eigenvalue weighted by Gasteiger charge is 2.69. The van der Waals surface area contributed by atoms with E-state index in [-0.39, 0.29) is 34.9 Å². The summed E-state index contributed by atoms with van der Waals surface area (Å²) in [6, 6.07) is 0. The van der Waals surface area contributed by atoms with Crippen molar-refractivity contribution in [2.45, 2.75) is 246 Å². The first-order valence-electron chi connectivity index (χ1n) is 27.2. The van der Waals surface area contributed by atoms with Crippen LogP contribution in [0.25, 0.3) is 0 Å². The van der Waals surface area contributed by atoms with Crippen molar-refractivity contribution in [3.8, 4) is 0 Å². The zero-order valence-electron chi connectivity index (χ0n) is 43.3. The maximum absolute atomic E-state index is 11.6. The van der Waals surface area contributed by atoms with Crippen LogP contribution in [0.4, 0.5) is 0 Å². The molecular weight excluding hydrogens is 981 g/mol. The van der Waals surface area contributed by atoms with Crippen LogP contribution in [0.3, 0.4) is 0 Å². The van der Waals surface area contributed by atoms with Gasteiger partial charge in [-0.3, -0.25) is 0 Å². The van der Waals surface area contributed by atoms with Crippen molar-refractivity contribution in [3.05, 3.63) is 0 Å². The summed E-state index contributed by atoms with van der Waals surface area (Å²) < 4.78 is 60.7. The van der Waals surface area contributed by atoms with Crippen molar-refractivity contribution in [2.24, 2.45) is 46.3 Å². The third-order valence-corrected chi connectivity index (χ3v) is 20.1. The number of ether oxygens (including phenoxy) is 10. The summed E-state index contributed by atoms with van der Waals surface area (Å²) in [5, 5.41) is 137. The van der Waals surface area contributed by atoms with Crippen molar-refractivity contribution in [1.82, 2.24) is 0 Å². The van der Waals surface area contributed by atoms with E-state index < -0.39 is 155 Å². The Bertz CT molecular complexity index is 1850. The third-order valence-electron chi connectivity index (χ3n) is 20.1. The Morgan fingerprint density at radius 1 is 0.554 bits per heavy atom. The minimum atomic E-state index is -1.86.